The van der Waals surface area contributed by atoms with Crippen molar-refractivity contribution in [1.29, 1.82) is 0 Å². The second-order valence-electron chi connectivity index (χ2n) is 21.2. The molecule has 3 aromatic rings. The second kappa shape index (κ2) is 57.8. The van der Waals surface area contributed by atoms with Crippen LogP contribution < -0.4 is 37.9 Å². The summed E-state index contributed by atoms with van der Waals surface area (Å²) in [6.45, 7) is 28.4. The van der Waals surface area contributed by atoms with Gasteiger partial charge < -0.3 is 52.1 Å². The summed E-state index contributed by atoms with van der Waals surface area (Å²) < 4.78 is 65.7. The van der Waals surface area contributed by atoms with Crippen molar-refractivity contribution in [3.05, 3.63) is 136 Å². The molecule has 0 N–H and O–H groups in total. The number of benzene rings is 3. The third kappa shape index (κ3) is 40.3. The molecule has 19 heteroatoms. The standard InChI is InChI=1S/C75H104O19/c1-7-49-87-90-61-34-22-19-29-56-82-69-46-38-64(72(83-57-30-17-14-26-53-79-11-5)75(69)86-60-33-21-24-36-63-92-89-51-9-3)39-47-70(76)93-66-41-43-67(44-42-66)94-71(77)48-40-65-37-45-68(81-55-28-16-13-25-52-78-10-4)74(85-59-32-18-15-27-54-80-12-6)73(65)84-58-31-20-23-35-62-91-88-50-8-2/h7-12,37-38,41-46H,1-6,13-36,49-63H2. The van der Waals surface area contributed by atoms with Gasteiger partial charge in [0.05, 0.1) is 109 Å². The van der Waals surface area contributed by atoms with E-state index in [2.05, 4.69) is 63.2 Å². The molecule has 0 spiro atoms. The highest BCUT2D eigenvalue weighted by Gasteiger charge is 2.20. The molecular formula is C75H104O19. The fraction of sp³-hybridized carbons (Fsp3) is 0.520. The first-order valence-corrected chi connectivity index (χ1v) is 33.3. The maximum absolute atomic E-state index is 13.4. The Hall–Kier alpha value is -7.88. The van der Waals surface area contributed by atoms with E-state index in [1.807, 2.05) is 0 Å². The zero-order chi connectivity index (χ0) is 67.3. The van der Waals surface area contributed by atoms with Gasteiger partial charge >= 0.3 is 11.9 Å². The largest absolute Gasteiger partial charge is 0.502 e. The highest BCUT2D eigenvalue weighted by Crippen LogP contribution is 2.42. The molecule has 0 bridgehead atoms. The summed E-state index contributed by atoms with van der Waals surface area (Å²) in [7, 11) is 0. The molecule has 94 heavy (non-hydrogen) atoms. The summed E-state index contributed by atoms with van der Waals surface area (Å²) in [4.78, 5) is 57.5. The number of carbonyl (C=O) groups excluding carboxylic acids is 2. The van der Waals surface area contributed by atoms with E-state index in [4.69, 9.17) is 81.4 Å². The summed E-state index contributed by atoms with van der Waals surface area (Å²) >= 11 is 0. The molecule has 0 heterocycles. The Kier molecular flexibility index (Phi) is 49.4. The van der Waals surface area contributed by atoms with E-state index in [-0.39, 0.29) is 11.5 Å². The lowest BCUT2D eigenvalue weighted by molar-refractivity contribution is -0.286. The smallest absolute Gasteiger partial charge is 0.390 e. The van der Waals surface area contributed by atoms with Gasteiger partial charge in [-0.1, -0.05) is 69.1 Å². The van der Waals surface area contributed by atoms with Gasteiger partial charge in [0, 0.05) is 11.8 Å². The minimum absolute atomic E-state index is 0.166. The molecular weight excluding hydrogens is 1200 g/mol. The van der Waals surface area contributed by atoms with Gasteiger partial charge in [-0.05, 0) is 183 Å². The summed E-state index contributed by atoms with van der Waals surface area (Å²) in [5.41, 5.74) is 0.834. The predicted octanol–water partition coefficient (Wildman–Crippen LogP) is 16.1. The molecule has 3 rings (SSSR count). The van der Waals surface area contributed by atoms with Crippen molar-refractivity contribution in [1.82, 2.24) is 0 Å². The van der Waals surface area contributed by atoms with Crippen LogP contribution in [0.5, 0.6) is 46.0 Å². The first-order valence-electron chi connectivity index (χ1n) is 33.3. The fourth-order valence-corrected chi connectivity index (χ4v) is 8.70. The lowest BCUT2D eigenvalue weighted by atomic mass is 10.1. The quantitative estimate of drug-likeness (QED) is 0.00757. The van der Waals surface area contributed by atoms with Crippen LogP contribution in [-0.4, -0.2) is 111 Å². The van der Waals surface area contributed by atoms with Crippen LogP contribution in [0.2, 0.25) is 0 Å². The Bertz CT molecular complexity index is 2670. The average Bonchev–Trinajstić information content (AvgIpc) is 0.838. The average molecular weight is 1310 g/mol. The summed E-state index contributed by atoms with van der Waals surface area (Å²) in [6.07, 6.45) is 30.1. The first-order chi connectivity index (χ1) is 46.4. The predicted molar refractivity (Wildman–Crippen MR) is 363 cm³/mol. The van der Waals surface area contributed by atoms with Crippen LogP contribution in [0.15, 0.2) is 125 Å². The molecule has 0 amide bonds. The van der Waals surface area contributed by atoms with E-state index < -0.39 is 11.9 Å². The van der Waals surface area contributed by atoms with Gasteiger partial charge in [0.1, 0.15) is 31.3 Å². The monoisotopic (exact) mass is 1310 g/mol. The minimum atomic E-state index is -0.833. The topological polar surface area (TPSA) is 191 Å². The normalized spacial score (nSPS) is 10.5. The van der Waals surface area contributed by atoms with Crippen molar-refractivity contribution in [2.75, 3.05) is 99.1 Å². The van der Waals surface area contributed by atoms with Crippen molar-refractivity contribution >= 4 is 11.9 Å². The van der Waals surface area contributed by atoms with Crippen molar-refractivity contribution in [3.63, 3.8) is 0 Å². The first kappa shape index (κ1) is 80.4. The molecule has 0 atom stereocenters. The molecule has 0 aliphatic rings. The lowest BCUT2D eigenvalue weighted by Gasteiger charge is -2.19. The third-order valence-electron chi connectivity index (χ3n) is 13.5. The van der Waals surface area contributed by atoms with Crippen LogP contribution in [0.4, 0.5) is 0 Å². The zero-order valence-electron chi connectivity index (χ0n) is 55.7. The van der Waals surface area contributed by atoms with Gasteiger partial charge in [-0.15, -0.1) is 19.7 Å². The van der Waals surface area contributed by atoms with Gasteiger partial charge in [-0.3, -0.25) is 0 Å². The molecule has 0 aliphatic heterocycles. The molecule has 0 saturated carbocycles. The van der Waals surface area contributed by atoms with Crippen LogP contribution >= 0.6 is 0 Å². The van der Waals surface area contributed by atoms with Crippen molar-refractivity contribution < 1.29 is 91.0 Å². The Morgan fingerprint density at radius 1 is 0.298 bits per heavy atom. The zero-order valence-corrected chi connectivity index (χ0v) is 55.7. The van der Waals surface area contributed by atoms with Crippen LogP contribution in [0.1, 0.15) is 165 Å². The van der Waals surface area contributed by atoms with Crippen molar-refractivity contribution in [2.45, 2.75) is 154 Å². The van der Waals surface area contributed by atoms with Crippen LogP contribution in [0, 0.1) is 23.7 Å². The van der Waals surface area contributed by atoms with E-state index in [9.17, 15) is 9.59 Å². The molecule has 0 aliphatic carbocycles. The maximum atomic E-state index is 13.4. The highest BCUT2D eigenvalue weighted by atomic mass is 17.2. The number of unbranched alkanes of at least 4 members (excludes halogenated alkanes) is 18. The number of hydrogen-bond donors (Lipinski definition) is 0. The van der Waals surface area contributed by atoms with E-state index in [1.54, 1.807) is 42.5 Å². The van der Waals surface area contributed by atoms with Gasteiger partial charge in [0.15, 0.2) is 23.0 Å². The summed E-state index contributed by atoms with van der Waals surface area (Å²) in [5.74, 6) is 12.4. The molecule has 0 unspecified atom stereocenters. The molecule has 19 nitrogen and oxygen atoms in total. The second-order valence-corrected chi connectivity index (χ2v) is 21.2. The minimum Gasteiger partial charge on any atom is -0.502 e. The maximum Gasteiger partial charge on any atom is 0.390 e. The van der Waals surface area contributed by atoms with Crippen molar-refractivity contribution in [3.8, 4) is 69.7 Å². The number of carbonyl (C=O) groups is 2. The molecule has 0 aromatic heterocycles. The lowest BCUT2D eigenvalue weighted by Crippen LogP contribution is -2.08. The highest BCUT2D eigenvalue weighted by molar-refractivity contribution is 5.92. The molecule has 3 aromatic carbocycles. The van der Waals surface area contributed by atoms with E-state index in [1.165, 1.54) is 43.1 Å². The van der Waals surface area contributed by atoms with Crippen LogP contribution in [0.3, 0.4) is 0 Å². The number of ether oxygens (including phenoxy) is 11. The Morgan fingerprint density at radius 3 is 0.851 bits per heavy atom. The van der Waals surface area contributed by atoms with E-state index in [0.29, 0.717) is 145 Å². The van der Waals surface area contributed by atoms with Crippen molar-refractivity contribution in [2.24, 2.45) is 0 Å². The summed E-state index contributed by atoms with van der Waals surface area (Å²) in [6, 6.07) is 13.0. The van der Waals surface area contributed by atoms with E-state index >= 15 is 0 Å². The fourth-order valence-electron chi connectivity index (χ4n) is 8.70. The summed E-state index contributed by atoms with van der Waals surface area (Å²) in [5, 5.41) is 0. The van der Waals surface area contributed by atoms with E-state index in [0.717, 1.165) is 154 Å². The van der Waals surface area contributed by atoms with Crippen LogP contribution in [0.25, 0.3) is 0 Å². The number of hydrogen-bond acceptors (Lipinski definition) is 19. The Balaban J connectivity index is 1.83. The van der Waals surface area contributed by atoms with Gasteiger partial charge in [-0.25, -0.2) is 38.9 Å². The van der Waals surface area contributed by atoms with Gasteiger partial charge in [0.25, 0.3) is 0 Å². The molecule has 0 fully saturated rings. The third-order valence-corrected chi connectivity index (χ3v) is 13.5. The molecule has 0 radical (unpaired) electrons. The number of esters is 2. The molecule has 518 valence electrons. The Labute approximate surface area is 559 Å². The van der Waals surface area contributed by atoms with Crippen LogP contribution in [-0.2, 0) is 53.1 Å². The number of rotatable bonds is 62. The molecule has 0 saturated heterocycles. The van der Waals surface area contributed by atoms with Gasteiger partial charge in [0.2, 0.25) is 11.5 Å². The SMILES string of the molecule is C=CCOOCCCCCCOc1ccc(C#CC(=O)Oc2ccc(OC(=O)C#Cc3ccc(OCCCCCCOC=C)c(OCCCCCCOC=C)c3OCCCCCCOOCC=C)cc2)c(OCCCCCCOC=C)c1OCCCCCCOOCC=C. The van der Waals surface area contributed by atoms with Gasteiger partial charge in [-0.2, -0.15) is 0 Å². The Morgan fingerprint density at radius 2 is 0.564 bits per heavy atom.